The van der Waals surface area contributed by atoms with Crippen molar-refractivity contribution in [1.82, 2.24) is 14.6 Å². The predicted molar refractivity (Wildman–Crippen MR) is 134 cm³/mol. The van der Waals surface area contributed by atoms with Gasteiger partial charge in [-0.1, -0.05) is 31.5 Å². The van der Waals surface area contributed by atoms with Gasteiger partial charge in [0.1, 0.15) is 6.10 Å². The van der Waals surface area contributed by atoms with Gasteiger partial charge in [-0.05, 0) is 44.4 Å². The number of aliphatic hydroxyl groups is 1. The van der Waals surface area contributed by atoms with Gasteiger partial charge in [0.05, 0.1) is 34.9 Å². The average molecular weight is 504 g/mol. The molecule has 1 fully saturated rings. The number of pyridine rings is 2. The summed E-state index contributed by atoms with van der Waals surface area (Å²) in [5.74, 6) is -2.39. The van der Waals surface area contributed by atoms with Crippen molar-refractivity contribution in [2.75, 3.05) is 13.1 Å². The van der Waals surface area contributed by atoms with Gasteiger partial charge in [0, 0.05) is 29.6 Å². The summed E-state index contributed by atoms with van der Waals surface area (Å²) in [7, 11) is 0. The first kappa shape index (κ1) is 23.8. The number of para-hydroxylation sites is 1. The zero-order chi connectivity index (χ0) is 25.9. The smallest absolute Gasteiger partial charge is 0.343 e. The van der Waals surface area contributed by atoms with Gasteiger partial charge < -0.3 is 19.2 Å². The quantitative estimate of drug-likeness (QED) is 0.423. The lowest BCUT2D eigenvalue weighted by molar-refractivity contribution is -0.207. The minimum atomic E-state index is -2.00. The Hall–Kier alpha value is -3.56. The van der Waals surface area contributed by atoms with Gasteiger partial charge in [0.2, 0.25) is 0 Å². The number of nitrogens with zero attached hydrogens (tertiary/aromatic N) is 3. The van der Waals surface area contributed by atoms with Crippen LogP contribution in [0.1, 0.15) is 62.3 Å². The number of hydrogen-bond donors (Lipinski definition) is 1. The van der Waals surface area contributed by atoms with E-state index in [9.17, 15) is 19.5 Å². The van der Waals surface area contributed by atoms with E-state index in [0.29, 0.717) is 31.0 Å². The van der Waals surface area contributed by atoms with Crippen molar-refractivity contribution >= 4 is 22.8 Å². The van der Waals surface area contributed by atoms with Crippen LogP contribution in [0.2, 0.25) is 0 Å². The zero-order valence-corrected chi connectivity index (χ0v) is 20.9. The molecule has 0 amide bonds. The largest absolute Gasteiger partial charge is 0.454 e. The Morgan fingerprint density at radius 3 is 2.73 bits per heavy atom. The van der Waals surface area contributed by atoms with Gasteiger partial charge in [0.15, 0.2) is 5.60 Å². The standard InChI is InChI=1S/C28H29N3O6/c1-3-28(35)19-14-21-23-18(13-17-9-5-6-10-20(17)29-23)15-31(21)25(32)22(19)24(36-27(28)34)16(2)26(33)37-30-11-7-4-8-12-30/h5-6,9-10,13-14,16,24,35H,3-4,7-8,11-12,15H2,1-2H3/t16?,24?,28-/m0/s1. The number of rotatable bonds is 4. The molecule has 6 rings (SSSR count). The first-order valence-electron chi connectivity index (χ1n) is 12.9. The fraction of sp³-hybridized carbons (Fsp3) is 0.429. The molecule has 0 aliphatic carbocycles. The third kappa shape index (κ3) is 3.67. The lowest BCUT2D eigenvalue weighted by Gasteiger charge is -2.38. The molecule has 3 aromatic rings. The Balaban J connectivity index is 1.46. The number of fused-ring (bicyclic) bond motifs is 5. The lowest BCUT2D eigenvalue weighted by atomic mass is 9.81. The molecule has 9 nitrogen and oxygen atoms in total. The molecule has 37 heavy (non-hydrogen) atoms. The summed E-state index contributed by atoms with van der Waals surface area (Å²) >= 11 is 0. The molecule has 3 atom stereocenters. The molecule has 0 radical (unpaired) electrons. The van der Waals surface area contributed by atoms with E-state index in [0.717, 1.165) is 35.7 Å². The first-order chi connectivity index (χ1) is 17.8. The van der Waals surface area contributed by atoms with Gasteiger partial charge >= 0.3 is 11.9 Å². The van der Waals surface area contributed by atoms with Crippen LogP contribution in [0.3, 0.4) is 0 Å². The first-order valence-corrected chi connectivity index (χ1v) is 12.9. The molecule has 0 bridgehead atoms. The van der Waals surface area contributed by atoms with Gasteiger partial charge in [-0.2, -0.15) is 0 Å². The monoisotopic (exact) mass is 503 g/mol. The van der Waals surface area contributed by atoms with Gasteiger partial charge in [-0.3, -0.25) is 4.79 Å². The number of hydroxylamine groups is 2. The van der Waals surface area contributed by atoms with Crippen molar-refractivity contribution < 1.29 is 24.3 Å². The topological polar surface area (TPSA) is 111 Å². The fourth-order valence-corrected chi connectivity index (χ4v) is 5.66. The molecule has 192 valence electrons. The highest BCUT2D eigenvalue weighted by atomic mass is 16.7. The molecule has 1 aromatic carbocycles. The van der Waals surface area contributed by atoms with E-state index in [2.05, 4.69) is 0 Å². The zero-order valence-electron chi connectivity index (χ0n) is 20.9. The maximum Gasteiger partial charge on any atom is 0.343 e. The van der Waals surface area contributed by atoms with Gasteiger partial charge in [0.25, 0.3) is 5.56 Å². The van der Waals surface area contributed by atoms with E-state index in [1.54, 1.807) is 29.5 Å². The van der Waals surface area contributed by atoms with Crippen LogP contribution in [0.25, 0.3) is 22.3 Å². The number of carbonyl (C=O) groups is 2. The molecule has 2 unspecified atom stereocenters. The van der Waals surface area contributed by atoms with Crippen LogP contribution >= 0.6 is 0 Å². The van der Waals surface area contributed by atoms with Crippen molar-refractivity contribution in [3.05, 3.63) is 63.4 Å². The number of benzene rings is 1. The van der Waals surface area contributed by atoms with Gasteiger partial charge in [-0.15, -0.1) is 5.06 Å². The minimum absolute atomic E-state index is 0.0130. The predicted octanol–water partition coefficient (Wildman–Crippen LogP) is 3.20. The second-order valence-electron chi connectivity index (χ2n) is 10.2. The summed E-state index contributed by atoms with van der Waals surface area (Å²) in [5, 5.41) is 14.0. The highest BCUT2D eigenvalue weighted by Crippen LogP contribution is 2.44. The molecule has 2 aromatic heterocycles. The Bertz CT molecular complexity index is 1490. The van der Waals surface area contributed by atoms with Crippen LogP contribution in [0.15, 0.2) is 41.2 Å². The maximum absolute atomic E-state index is 14.0. The molecule has 0 spiro atoms. The molecule has 3 aliphatic rings. The Labute approximate surface area is 213 Å². The van der Waals surface area contributed by atoms with Crippen molar-refractivity contribution in [2.45, 2.75) is 57.8 Å². The van der Waals surface area contributed by atoms with E-state index in [-0.39, 0.29) is 17.5 Å². The number of piperidine rings is 1. The summed E-state index contributed by atoms with van der Waals surface area (Å²) < 4.78 is 7.22. The number of aromatic nitrogens is 2. The fourth-order valence-electron chi connectivity index (χ4n) is 5.66. The van der Waals surface area contributed by atoms with Crippen LogP contribution in [0, 0.1) is 5.92 Å². The molecule has 9 heteroatoms. The molecule has 0 saturated carbocycles. The Morgan fingerprint density at radius 1 is 1.22 bits per heavy atom. The van der Waals surface area contributed by atoms with Crippen molar-refractivity contribution in [3.8, 4) is 11.4 Å². The summed E-state index contributed by atoms with van der Waals surface area (Å²) in [6, 6.07) is 11.4. The summed E-state index contributed by atoms with van der Waals surface area (Å²) in [4.78, 5) is 50.5. The van der Waals surface area contributed by atoms with Crippen LogP contribution in [0.5, 0.6) is 0 Å². The summed E-state index contributed by atoms with van der Waals surface area (Å²) in [6.45, 7) is 4.83. The highest BCUT2D eigenvalue weighted by Gasteiger charge is 2.51. The number of cyclic esters (lactones) is 1. The third-order valence-electron chi connectivity index (χ3n) is 7.89. The molecule has 3 aliphatic heterocycles. The second-order valence-corrected chi connectivity index (χ2v) is 10.2. The molecule has 1 N–H and O–H groups in total. The van der Waals surface area contributed by atoms with E-state index in [4.69, 9.17) is 14.6 Å². The Morgan fingerprint density at radius 2 is 1.97 bits per heavy atom. The molecule has 5 heterocycles. The van der Waals surface area contributed by atoms with Gasteiger partial charge in [-0.25, -0.2) is 14.6 Å². The van der Waals surface area contributed by atoms with E-state index in [1.165, 1.54) is 0 Å². The number of hydrogen-bond acceptors (Lipinski definition) is 8. The second kappa shape index (κ2) is 8.78. The minimum Gasteiger partial charge on any atom is -0.454 e. The molecular weight excluding hydrogens is 474 g/mol. The Kier molecular flexibility index (Phi) is 5.65. The SMILES string of the molecule is CC[C@@]1(O)C(=O)OC(C(C)C(=O)ON2CCCCC2)c2c1cc1n(c2=O)Cc2cc3ccccc3nc2-1. The number of esters is 1. The summed E-state index contributed by atoms with van der Waals surface area (Å²) in [5.41, 5.74) is 0.726. The van der Waals surface area contributed by atoms with Crippen molar-refractivity contribution in [2.24, 2.45) is 5.92 Å². The summed E-state index contributed by atoms with van der Waals surface area (Å²) in [6.07, 6.45) is 1.79. The third-order valence-corrected chi connectivity index (χ3v) is 7.89. The molecular formula is C28H29N3O6. The van der Waals surface area contributed by atoms with E-state index >= 15 is 0 Å². The van der Waals surface area contributed by atoms with E-state index < -0.39 is 35.1 Å². The van der Waals surface area contributed by atoms with Crippen LogP contribution in [-0.2, 0) is 31.3 Å². The van der Waals surface area contributed by atoms with Crippen molar-refractivity contribution in [3.63, 3.8) is 0 Å². The normalized spacial score (nSPS) is 23.6. The lowest BCUT2D eigenvalue weighted by Crippen LogP contribution is -2.48. The van der Waals surface area contributed by atoms with E-state index in [1.807, 2.05) is 30.3 Å². The average Bonchev–Trinajstić information content (AvgIpc) is 3.27. The number of ether oxygens (including phenoxy) is 1. The molecule has 1 saturated heterocycles. The number of carbonyl (C=O) groups excluding carboxylic acids is 2. The highest BCUT2D eigenvalue weighted by molar-refractivity contribution is 5.87. The van der Waals surface area contributed by atoms with Crippen LogP contribution in [0.4, 0.5) is 0 Å². The van der Waals surface area contributed by atoms with Crippen molar-refractivity contribution in [1.29, 1.82) is 0 Å². The maximum atomic E-state index is 14.0. The van der Waals surface area contributed by atoms with Crippen LogP contribution in [-0.4, -0.2) is 44.7 Å². The van der Waals surface area contributed by atoms with Crippen LogP contribution < -0.4 is 5.56 Å².